The van der Waals surface area contributed by atoms with Gasteiger partial charge in [0.25, 0.3) is 0 Å². The molecule has 0 radical (unpaired) electrons. The number of nitrogens with one attached hydrogen (secondary N) is 3. The standard InChI is InChI=1S/C33H35N5O2/c1-22-28-18-25(15-16-30(28)38-37-22)29-19-26(20-35-31(29)24-13-9-6-10-14-24)34-21-27(17-23-11-7-5-8-12-23)36-32(39)40-33(2,3)4/h5-16,18-20,27,34H,17,21H2,1-4H3,(H,36,39)(H,37,38)/t27-/m0/s1. The minimum Gasteiger partial charge on any atom is -0.444 e. The number of hydrogen-bond acceptors (Lipinski definition) is 5. The van der Waals surface area contributed by atoms with Gasteiger partial charge in [-0.2, -0.15) is 5.10 Å². The van der Waals surface area contributed by atoms with Gasteiger partial charge in [-0.3, -0.25) is 10.1 Å². The Morgan fingerprint density at radius 1 is 0.950 bits per heavy atom. The van der Waals surface area contributed by atoms with Crippen LogP contribution in [0.25, 0.3) is 33.3 Å². The first kappa shape index (κ1) is 26.9. The highest BCUT2D eigenvalue weighted by Gasteiger charge is 2.20. The number of H-pyrrole nitrogens is 1. The van der Waals surface area contributed by atoms with E-state index in [0.717, 1.165) is 50.2 Å². The van der Waals surface area contributed by atoms with Crippen LogP contribution in [0.15, 0.2) is 91.1 Å². The maximum absolute atomic E-state index is 12.6. The average Bonchev–Trinajstić information content (AvgIpc) is 3.31. The molecule has 3 N–H and O–H groups in total. The van der Waals surface area contributed by atoms with E-state index in [1.165, 1.54) is 0 Å². The summed E-state index contributed by atoms with van der Waals surface area (Å²) in [5.74, 6) is 0. The summed E-state index contributed by atoms with van der Waals surface area (Å²) in [5, 5.41) is 15.1. The van der Waals surface area contributed by atoms with Crippen molar-refractivity contribution in [3.63, 3.8) is 0 Å². The number of hydrogen-bond donors (Lipinski definition) is 3. The van der Waals surface area contributed by atoms with Gasteiger partial charge < -0.3 is 15.4 Å². The summed E-state index contributed by atoms with van der Waals surface area (Å²) in [6, 6.07) is 28.5. The Balaban J connectivity index is 1.44. The number of anilines is 1. The van der Waals surface area contributed by atoms with Crippen LogP contribution in [0.4, 0.5) is 10.5 Å². The van der Waals surface area contributed by atoms with Gasteiger partial charge in [-0.1, -0.05) is 66.7 Å². The minimum absolute atomic E-state index is 0.195. The van der Waals surface area contributed by atoms with Crippen LogP contribution in [-0.2, 0) is 11.2 Å². The van der Waals surface area contributed by atoms with Crippen molar-refractivity contribution in [1.29, 1.82) is 0 Å². The molecule has 0 fully saturated rings. The number of aryl methyl sites for hydroxylation is 1. The number of alkyl carbamates (subject to hydrolysis) is 1. The Kier molecular flexibility index (Phi) is 7.82. The van der Waals surface area contributed by atoms with Crippen LogP contribution in [0, 0.1) is 6.92 Å². The highest BCUT2D eigenvalue weighted by molar-refractivity contribution is 5.90. The summed E-state index contributed by atoms with van der Waals surface area (Å²) in [6.45, 7) is 8.11. The van der Waals surface area contributed by atoms with Crippen molar-refractivity contribution in [2.24, 2.45) is 0 Å². The molecule has 3 aromatic carbocycles. The Hall–Kier alpha value is -4.65. The smallest absolute Gasteiger partial charge is 0.407 e. The first-order valence-corrected chi connectivity index (χ1v) is 13.5. The number of nitrogens with zero attached hydrogens (tertiary/aromatic N) is 2. The van der Waals surface area contributed by atoms with E-state index in [1.807, 2.05) is 76.4 Å². The number of ether oxygens (including phenoxy) is 1. The fraction of sp³-hybridized carbons (Fsp3) is 0.242. The van der Waals surface area contributed by atoms with Gasteiger partial charge in [-0.05, 0) is 63.4 Å². The van der Waals surface area contributed by atoms with E-state index in [-0.39, 0.29) is 6.04 Å². The van der Waals surface area contributed by atoms with Gasteiger partial charge in [0, 0.05) is 28.8 Å². The fourth-order valence-corrected chi connectivity index (χ4v) is 4.70. The lowest BCUT2D eigenvalue weighted by Gasteiger charge is -2.24. The molecule has 2 aromatic heterocycles. The van der Waals surface area contributed by atoms with Gasteiger partial charge in [-0.25, -0.2) is 4.79 Å². The molecule has 0 bridgehead atoms. The summed E-state index contributed by atoms with van der Waals surface area (Å²) in [5.41, 5.74) is 7.39. The average molecular weight is 534 g/mol. The molecule has 0 saturated heterocycles. The predicted octanol–water partition coefficient (Wildman–Crippen LogP) is 7.15. The largest absolute Gasteiger partial charge is 0.444 e. The molecule has 40 heavy (non-hydrogen) atoms. The topological polar surface area (TPSA) is 91.9 Å². The molecule has 7 nitrogen and oxygen atoms in total. The first-order valence-electron chi connectivity index (χ1n) is 13.5. The van der Waals surface area contributed by atoms with Crippen LogP contribution < -0.4 is 10.6 Å². The number of carbonyl (C=O) groups is 1. The number of fused-ring (bicyclic) bond motifs is 1. The third-order valence-electron chi connectivity index (χ3n) is 6.59. The number of pyridine rings is 1. The minimum atomic E-state index is -0.574. The molecule has 5 rings (SSSR count). The summed E-state index contributed by atoms with van der Waals surface area (Å²) >= 11 is 0. The van der Waals surface area contributed by atoms with Crippen LogP contribution in [0.5, 0.6) is 0 Å². The molecule has 0 spiro atoms. The van der Waals surface area contributed by atoms with Gasteiger partial charge in [0.05, 0.1) is 29.1 Å². The zero-order chi connectivity index (χ0) is 28.1. The van der Waals surface area contributed by atoms with Crippen molar-refractivity contribution >= 4 is 22.7 Å². The zero-order valence-electron chi connectivity index (χ0n) is 23.4. The Labute approximate surface area is 235 Å². The molecule has 7 heteroatoms. The van der Waals surface area contributed by atoms with Crippen molar-refractivity contribution in [2.75, 3.05) is 11.9 Å². The third-order valence-corrected chi connectivity index (χ3v) is 6.59. The summed E-state index contributed by atoms with van der Waals surface area (Å²) in [4.78, 5) is 17.5. The van der Waals surface area contributed by atoms with Crippen molar-refractivity contribution < 1.29 is 9.53 Å². The maximum Gasteiger partial charge on any atom is 0.407 e. The number of amides is 1. The lowest BCUT2D eigenvalue weighted by molar-refractivity contribution is 0.0507. The highest BCUT2D eigenvalue weighted by atomic mass is 16.6. The van der Waals surface area contributed by atoms with Gasteiger partial charge in [0.15, 0.2) is 0 Å². The lowest BCUT2D eigenvalue weighted by Crippen LogP contribution is -2.43. The highest BCUT2D eigenvalue weighted by Crippen LogP contribution is 2.34. The molecule has 2 heterocycles. The molecule has 0 aliphatic carbocycles. The van der Waals surface area contributed by atoms with Crippen molar-refractivity contribution in [2.45, 2.75) is 45.8 Å². The molecular weight excluding hydrogens is 498 g/mol. The number of aromatic amines is 1. The number of carbonyl (C=O) groups excluding carboxylic acids is 1. The molecule has 204 valence electrons. The molecule has 1 atom stereocenters. The van der Waals surface area contributed by atoms with E-state index in [1.54, 1.807) is 0 Å². The van der Waals surface area contributed by atoms with Gasteiger partial charge in [0.2, 0.25) is 0 Å². The van der Waals surface area contributed by atoms with E-state index in [0.29, 0.717) is 13.0 Å². The van der Waals surface area contributed by atoms with Crippen molar-refractivity contribution in [1.82, 2.24) is 20.5 Å². The molecule has 0 saturated carbocycles. The fourth-order valence-electron chi connectivity index (χ4n) is 4.70. The van der Waals surface area contributed by atoms with Gasteiger partial charge in [-0.15, -0.1) is 0 Å². The molecular formula is C33H35N5O2. The van der Waals surface area contributed by atoms with E-state index in [2.05, 4.69) is 63.3 Å². The van der Waals surface area contributed by atoms with Crippen LogP contribution in [0.1, 0.15) is 32.0 Å². The van der Waals surface area contributed by atoms with E-state index >= 15 is 0 Å². The summed E-state index contributed by atoms with van der Waals surface area (Å²) in [6.07, 6.45) is 2.07. The van der Waals surface area contributed by atoms with Crippen LogP contribution in [-0.4, -0.2) is 39.5 Å². The Morgan fingerprint density at radius 2 is 1.68 bits per heavy atom. The van der Waals surface area contributed by atoms with Crippen molar-refractivity contribution in [3.8, 4) is 22.4 Å². The second-order valence-electron chi connectivity index (χ2n) is 11.0. The second-order valence-corrected chi connectivity index (χ2v) is 11.0. The molecule has 0 unspecified atom stereocenters. The second kappa shape index (κ2) is 11.6. The van der Waals surface area contributed by atoms with Crippen LogP contribution in [0.3, 0.4) is 0 Å². The van der Waals surface area contributed by atoms with Crippen molar-refractivity contribution in [3.05, 3.63) is 102 Å². The number of benzene rings is 3. The Bertz CT molecular complexity index is 1590. The van der Waals surface area contributed by atoms with E-state index in [4.69, 9.17) is 9.72 Å². The quantitative estimate of drug-likeness (QED) is 0.197. The normalized spacial score (nSPS) is 12.2. The molecule has 5 aromatic rings. The van der Waals surface area contributed by atoms with Gasteiger partial charge in [0.1, 0.15) is 5.60 Å². The molecule has 0 aliphatic rings. The maximum atomic E-state index is 12.6. The van der Waals surface area contributed by atoms with E-state index < -0.39 is 11.7 Å². The first-order chi connectivity index (χ1) is 19.2. The summed E-state index contributed by atoms with van der Waals surface area (Å²) < 4.78 is 5.54. The van der Waals surface area contributed by atoms with Crippen LogP contribution in [0.2, 0.25) is 0 Å². The molecule has 1 amide bonds. The van der Waals surface area contributed by atoms with Gasteiger partial charge >= 0.3 is 6.09 Å². The van der Waals surface area contributed by atoms with E-state index in [9.17, 15) is 4.79 Å². The Morgan fingerprint density at radius 3 is 2.40 bits per heavy atom. The SMILES string of the molecule is Cc1[nH]nc2ccc(-c3cc(NC[C@H](Cc4ccccc4)NC(=O)OC(C)(C)C)cnc3-c3ccccc3)cc12. The predicted molar refractivity (Wildman–Crippen MR) is 161 cm³/mol. The monoisotopic (exact) mass is 533 g/mol. The lowest BCUT2D eigenvalue weighted by atomic mass is 9.97. The molecule has 0 aliphatic heterocycles. The zero-order valence-corrected chi connectivity index (χ0v) is 23.4. The third kappa shape index (κ3) is 6.67. The number of aromatic nitrogens is 3. The van der Waals surface area contributed by atoms with Crippen LogP contribution >= 0.6 is 0 Å². The number of rotatable bonds is 8. The summed E-state index contributed by atoms with van der Waals surface area (Å²) in [7, 11) is 0.